The first-order valence-electron chi connectivity index (χ1n) is 9.88. The lowest BCUT2D eigenvalue weighted by Gasteiger charge is -2.31. The van der Waals surface area contributed by atoms with Gasteiger partial charge >= 0.3 is 0 Å². The maximum absolute atomic E-state index is 13.4. The van der Waals surface area contributed by atoms with Gasteiger partial charge in [-0.2, -0.15) is 0 Å². The molecule has 0 aromatic heterocycles. The summed E-state index contributed by atoms with van der Waals surface area (Å²) in [4.78, 5) is 26.8. The van der Waals surface area contributed by atoms with Crippen LogP contribution in [0.1, 0.15) is 71.4 Å². The second-order valence-electron chi connectivity index (χ2n) is 7.72. The van der Waals surface area contributed by atoms with E-state index in [1.807, 2.05) is 13.8 Å². The molecule has 0 saturated heterocycles. The van der Waals surface area contributed by atoms with Gasteiger partial charge in [-0.05, 0) is 24.0 Å². The van der Waals surface area contributed by atoms with Crippen LogP contribution >= 0.6 is 0 Å². The van der Waals surface area contributed by atoms with Crippen molar-refractivity contribution in [3.05, 3.63) is 81.9 Å². The zero-order valence-corrected chi connectivity index (χ0v) is 16.2. The molecule has 2 aromatic rings. The standard InChI is InChI=1S/C24H24O4/c1-3-13-23(27)17-11-7-5-9-15(17)21(25)19(23)20-22(26)16-10-6-8-12-18(16)24(20,28)14-4-2/h5-12,27-28H,3-4,13-14H2,1-2H3/b20-19+/t23-,24+. The maximum Gasteiger partial charge on any atom is 0.193 e. The number of aliphatic hydroxyl groups is 2. The normalized spacial score (nSPS) is 28.6. The minimum atomic E-state index is -1.57. The fourth-order valence-corrected chi connectivity index (χ4v) is 4.88. The van der Waals surface area contributed by atoms with Gasteiger partial charge in [-0.15, -0.1) is 0 Å². The summed E-state index contributed by atoms with van der Waals surface area (Å²) >= 11 is 0. The summed E-state index contributed by atoms with van der Waals surface area (Å²) in [5.41, 5.74) is -1.19. The van der Waals surface area contributed by atoms with E-state index in [0.717, 1.165) is 0 Å². The Morgan fingerprint density at radius 1 is 0.679 bits per heavy atom. The largest absolute Gasteiger partial charge is 0.380 e. The van der Waals surface area contributed by atoms with Crippen LogP contribution in [0.2, 0.25) is 0 Å². The average molecular weight is 376 g/mol. The second kappa shape index (κ2) is 6.50. The number of benzene rings is 2. The molecule has 0 heterocycles. The summed E-state index contributed by atoms with van der Waals surface area (Å²) in [6.45, 7) is 3.85. The van der Waals surface area contributed by atoms with Gasteiger partial charge in [0.15, 0.2) is 11.6 Å². The molecule has 4 nitrogen and oxygen atoms in total. The van der Waals surface area contributed by atoms with E-state index in [1.165, 1.54) is 0 Å². The minimum Gasteiger partial charge on any atom is -0.380 e. The Hall–Kier alpha value is -2.56. The third-order valence-electron chi connectivity index (χ3n) is 5.99. The minimum absolute atomic E-state index is 0.0488. The van der Waals surface area contributed by atoms with Gasteiger partial charge in [-0.3, -0.25) is 9.59 Å². The Balaban J connectivity index is 2.07. The van der Waals surface area contributed by atoms with Crippen molar-refractivity contribution in [2.45, 2.75) is 50.7 Å². The van der Waals surface area contributed by atoms with Crippen molar-refractivity contribution in [3.63, 3.8) is 0 Å². The van der Waals surface area contributed by atoms with E-state index in [9.17, 15) is 19.8 Å². The highest BCUT2D eigenvalue weighted by Gasteiger charge is 2.55. The summed E-state index contributed by atoms with van der Waals surface area (Å²) in [5, 5.41) is 23.4. The summed E-state index contributed by atoms with van der Waals surface area (Å²) in [6.07, 6.45) is 1.87. The summed E-state index contributed by atoms with van der Waals surface area (Å²) in [6, 6.07) is 13.9. The monoisotopic (exact) mass is 376 g/mol. The molecule has 2 aliphatic rings. The summed E-state index contributed by atoms with van der Waals surface area (Å²) < 4.78 is 0. The summed E-state index contributed by atoms with van der Waals surface area (Å²) in [5.74, 6) is -0.727. The molecular weight excluding hydrogens is 352 g/mol. The van der Waals surface area contributed by atoms with Crippen molar-refractivity contribution in [2.24, 2.45) is 0 Å². The van der Waals surface area contributed by atoms with Gasteiger partial charge in [0.25, 0.3) is 0 Å². The number of rotatable bonds is 4. The van der Waals surface area contributed by atoms with Gasteiger partial charge in [0.05, 0.1) is 0 Å². The van der Waals surface area contributed by atoms with Crippen LogP contribution in [0.5, 0.6) is 0 Å². The lowest BCUT2D eigenvalue weighted by Crippen LogP contribution is -2.34. The number of hydrogen-bond acceptors (Lipinski definition) is 4. The second-order valence-corrected chi connectivity index (χ2v) is 7.72. The lowest BCUT2D eigenvalue weighted by atomic mass is 9.78. The molecule has 144 valence electrons. The Bertz CT molecular complexity index is 937. The smallest absolute Gasteiger partial charge is 0.193 e. The van der Waals surface area contributed by atoms with Crippen molar-refractivity contribution < 1.29 is 19.8 Å². The zero-order chi connectivity index (χ0) is 20.1. The molecule has 2 aromatic carbocycles. The summed E-state index contributed by atoms with van der Waals surface area (Å²) in [7, 11) is 0. The highest BCUT2D eigenvalue weighted by atomic mass is 16.3. The Kier molecular flexibility index (Phi) is 4.36. The molecule has 0 radical (unpaired) electrons. The molecule has 2 atom stereocenters. The van der Waals surface area contributed by atoms with Crippen LogP contribution in [0.25, 0.3) is 0 Å². The Labute approximate surface area is 164 Å². The molecule has 2 aliphatic carbocycles. The molecule has 0 amide bonds. The first-order chi connectivity index (χ1) is 13.4. The third-order valence-corrected chi connectivity index (χ3v) is 5.99. The third kappa shape index (κ3) is 2.31. The molecule has 0 unspecified atom stereocenters. The molecule has 0 spiro atoms. The van der Waals surface area contributed by atoms with Crippen LogP contribution in [0.3, 0.4) is 0 Å². The quantitative estimate of drug-likeness (QED) is 0.790. The molecule has 0 bridgehead atoms. The van der Waals surface area contributed by atoms with E-state index < -0.39 is 11.2 Å². The fraction of sp³-hybridized carbons (Fsp3) is 0.333. The number of Topliss-reactive ketones (excluding diaryl/α,β-unsaturated/α-hetero) is 2. The topological polar surface area (TPSA) is 74.6 Å². The molecule has 0 saturated carbocycles. The molecule has 2 N–H and O–H groups in total. The Morgan fingerprint density at radius 2 is 1.04 bits per heavy atom. The van der Waals surface area contributed by atoms with Crippen molar-refractivity contribution in [2.75, 3.05) is 0 Å². The van der Waals surface area contributed by atoms with E-state index >= 15 is 0 Å². The van der Waals surface area contributed by atoms with Gasteiger partial charge in [0, 0.05) is 22.3 Å². The first-order valence-corrected chi connectivity index (χ1v) is 9.88. The lowest BCUT2D eigenvalue weighted by molar-refractivity contribution is 0.0441. The molecule has 4 heteroatoms. The highest BCUT2D eigenvalue weighted by Crippen LogP contribution is 2.53. The highest BCUT2D eigenvalue weighted by molar-refractivity contribution is 6.24. The maximum atomic E-state index is 13.4. The first kappa shape index (κ1) is 18.8. The van der Waals surface area contributed by atoms with Gasteiger partial charge in [0.2, 0.25) is 0 Å². The van der Waals surface area contributed by atoms with Crippen LogP contribution < -0.4 is 0 Å². The molecule has 28 heavy (non-hydrogen) atoms. The number of hydrogen-bond donors (Lipinski definition) is 2. The van der Waals surface area contributed by atoms with Gasteiger partial charge < -0.3 is 10.2 Å². The van der Waals surface area contributed by atoms with Crippen molar-refractivity contribution in [3.8, 4) is 0 Å². The van der Waals surface area contributed by atoms with E-state index in [-0.39, 0.29) is 22.7 Å². The molecule has 4 rings (SSSR count). The number of carbonyl (C=O) groups excluding carboxylic acids is 2. The predicted molar refractivity (Wildman–Crippen MR) is 106 cm³/mol. The van der Waals surface area contributed by atoms with E-state index in [4.69, 9.17) is 0 Å². The van der Waals surface area contributed by atoms with Crippen LogP contribution in [0, 0.1) is 0 Å². The van der Waals surface area contributed by atoms with Crippen LogP contribution in [-0.2, 0) is 11.2 Å². The Morgan fingerprint density at radius 3 is 1.39 bits per heavy atom. The average Bonchev–Trinajstić information content (AvgIpc) is 3.03. The van der Waals surface area contributed by atoms with Crippen molar-refractivity contribution >= 4 is 11.6 Å². The number of fused-ring (bicyclic) bond motifs is 2. The van der Waals surface area contributed by atoms with Gasteiger partial charge in [0.1, 0.15) is 11.2 Å². The van der Waals surface area contributed by atoms with E-state index in [2.05, 4.69) is 0 Å². The molecule has 0 fully saturated rings. The van der Waals surface area contributed by atoms with Crippen LogP contribution in [0.4, 0.5) is 0 Å². The number of carbonyl (C=O) groups is 2. The molecular formula is C24H24O4. The van der Waals surface area contributed by atoms with Gasteiger partial charge in [-0.25, -0.2) is 0 Å². The van der Waals surface area contributed by atoms with Crippen molar-refractivity contribution in [1.29, 1.82) is 0 Å². The van der Waals surface area contributed by atoms with E-state index in [0.29, 0.717) is 47.9 Å². The zero-order valence-electron chi connectivity index (χ0n) is 16.2. The van der Waals surface area contributed by atoms with Gasteiger partial charge in [-0.1, -0.05) is 75.2 Å². The number of ketones is 2. The van der Waals surface area contributed by atoms with Crippen LogP contribution in [0.15, 0.2) is 59.7 Å². The van der Waals surface area contributed by atoms with E-state index in [1.54, 1.807) is 48.5 Å². The predicted octanol–water partition coefficient (Wildman–Crippen LogP) is 4.05. The molecule has 0 aliphatic heterocycles. The van der Waals surface area contributed by atoms with Crippen molar-refractivity contribution in [1.82, 2.24) is 0 Å². The fourth-order valence-electron chi connectivity index (χ4n) is 4.88. The SMILES string of the molecule is CCC[C@@]1(O)/C(=C2\C(=O)c3ccccc3[C@]2(O)CCC)C(=O)c2ccccc21. The van der Waals surface area contributed by atoms with Crippen LogP contribution in [-0.4, -0.2) is 21.8 Å².